The molecule has 0 bridgehead atoms. The number of aryl methyl sites for hydroxylation is 1. The molecule has 1 aromatic rings. The van der Waals surface area contributed by atoms with Crippen LogP contribution in [0, 0.1) is 0 Å². The first-order valence-corrected chi connectivity index (χ1v) is 4.39. The highest BCUT2D eigenvalue weighted by Gasteiger charge is 2.24. The molecule has 12 heavy (non-hydrogen) atoms. The Balaban J connectivity index is 2.47. The molecule has 0 unspecified atom stereocenters. The van der Waals surface area contributed by atoms with Gasteiger partial charge in [0.2, 0.25) is 5.28 Å². The van der Waals surface area contributed by atoms with Crippen molar-refractivity contribution in [2.45, 2.75) is 25.3 Å². The molecule has 0 spiro atoms. The summed E-state index contributed by atoms with van der Waals surface area (Å²) in [6, 6.07) is 0.290. The summed E-state index contributed by atoms with van der Waals surface area (Å²) in [6.45, 7) is 0. The standard InChI is InChI=1S/C7H10ClN3O/c1-10-7(12)11(6(8)9-10)5-3-2-4-5/h5H,2-4H2,1H3. The third-order valence-corrected chi connectivity index (χ3v) is 2.61. The molecule has 2 rings (SSSR count). The third kappa shape index (κ3) is 0.982. The molecule has 1 aliphatic rings. The first kappa shape index (κ1) is 7.86. The lowest BCUT2D eigenvalue weighted by Crippen LogP contribution is -2.29. The van der Waals surface area contributed by atoms with Crippen LogP contribution in [0.2, 0.25) is 5.28 Å². The topological polar surface area (TPSA) is 39.8 Å². The molecule has 1 saturated carbocycles. The zero-order chi connectivity index (χ0) is 8.72. The van der Waals surface area contributed by atoms with Gasteiger partial charge in [0.15, 0.2) is 0 Å². The van der Waals surface area contributed by atoms with Gasteiger partial charge in [-0.15, -0.1) is 5.10 Å². The summed E-state index contributed by atoms with van der Waals surface area (Å²) < 4.78 is 2.85. The van der Waals surface area contributed by atoms with Crippen LogP contribution in [0.5, 0.6) is 0 Å². The van der Waals surface area contributed by atoms with Crippen molar-refractivity contribution in [2.24, 2.45) is 7.05 Å². The van der Waals surface area contributed by atoms with Gasteiger partial charge >= 0.3 is 5.69 Å². The molecule has 0 amide bonds. The van der Waals surface area contributed by atoms with Crippen LogP contribution in [0.1, 0.15) is 25.3 Å². The van der Waals surface area contributed by atoms with Crippen LogP contribution in [-0.2, 0) is 7.05 Å². The zero-order valence-corrected chi connectivity index (χ0v) is 7.58. The van der Waals surface area contributed by atoms with Gasteiger partial charge < -0.3 is 0 Å². The fourth-order valence-electron chi connectivity index (χ4n) is 1.40. The number of hydrogen-bond acceptors (Lipinski definition) is 2. The Hall–Kier alpha value is -0.770. The van der Waals surface area contributed by atoms with E-state index < -0.39 is 0 Å². The second-order valence-electron chi connectivity index (χ2n) is 3.13. The maximum atomic E-state index is 11.4. The summed E-state index contributed by atoms with van der Waals surface area (Å²) >= 11 is 5.79. The van der Waals surface area contributed by atoms with Gasteiger partial charge in [-0.05, 0) is 30.9 Å². The molecule has 0 saturated heterocycles. The van der Waals surface area contributed by atoms with E-state index in [0.29, 0.717) is 11.3 Å². The van der Waals surface area contributed by atoms with E-state index in [0.717, 1.165) is 12.8 Å². The lowest BCUT2D eigenvalue weighted by molar-refractivity contribution is 0.305. The highest BCUT2D eigenvalue weighted by molar-refractivity contribution is 6.28. The molecule has 0 aromatic carbocycles. The van der Waals surface area contributed by atoms with Crippen molar-refractivity contribution in [2.75, 3.05) is 0 Å². The first-order valence-electron chi connectivity index (χ1n) is 4.01. The average molecular weight is 188 g/mol. The Morgan fingerprint density at radius 2 is 2.25 bits per heavy atom. The van der Waals surface area contributed by atoms with Crippen molar-refractivity contribution in [3.63, 3.8) is 0 Å². The van der Waals surface area contributed by atoms with E-state index in [1.54, 1.807) is 11.6 Å². The molecule has 1 aromatic heterocycles. The van der Waals surface area contributed by atoms with E-state index in [4.69, 9.17) is 11.6 Å². The maximum absolute atomic E-state index is 11.4. The minimum absolute atomic E-state index is 0.107. The average Bonchev–Trinajstić information content (AvgIpc) is 2.13. The Morgan fingerprint density at radius 3 is 2.58 bits per heavy atom. The van der Waals surface area contributed by atoms with Crippen LogP contribution in [0.15, 0.2) is 4.79 Å². The van der Waals surface area contributed by atoms with E-state index in [-0.39, 0.29) is 5.69 Å². The van der Waals surface area contributed by atoms with Crippen LogP contribution < -0.4 is 5.69 Å². The van der Waals surface area contributed by atoms with E-state index in [9.17, 15) is 4.79 Å². The molecule has 1 heterocycles. The van der Waals surface area contributed by atoms with Gasteiger partial charge in [-0.3, -0.25) is 4.57 Å². The summed E-state index contributed by atoms with van der Waals surface area (Å²) in [6.07, 6.45) is 3.28. The lowest BCUT2D eigenvalue weighted by atomic mass is 9.93. The molecule has 4 nitrogen and oxygen atoms in total. The van der Waals surface area contributed by atoms with Crippen molar-refractivity contribution < 1.29 is 0 Å². The second kappa shape index (κ2) is 2.62. The number of halogens is 1. The second-order valence-corrected chi connectivity index (χ2v) is 3.47. The fourth-order valence-corrected chi connectivity index (χ4v) is 1.73. The molecule has 0 radical (unpaired) electrons. The largest absolute Gasteiger partial charge is 0.346 e. The lowest BCUT2D eigenvalue weighted by Gasteiger charge is -2.25. The molecule has 5 heteroatoms. The summed E-state index contributed by atoms with van der Waals surface area (Å²) in [7, 11) is 1.61. The molecular weight excluding hydrogens is 178 g/mol. The Bertz CT molecular complexity index is 350. The first-order chi connectivity index (χ1) is 5.70. The molecule has 0 N–H and O–H groups in total. The minimum Gasteiger partial charge on any atom is -0.263 e. The van der Waals surface area contributed by atoms with Gasteiger partial charge in [-0.25, -0.2) is 9.48 Å². The Labute approximate surface area is 74.8 Å². The van der Waals surface area contributed by atoms with Crippen molar-refractivity contribution in [1.82, 2.24) is 14.3 Å². The van der Waals surface area contributed by atoms with Crippen LogP contribution in [0.4, 0.5) is 0 Å². The molecule has 0 aliphatic heterocycles. The van der Waals surface area contributed by atoms with Crippen molar-refractivity contribution >= 4 is 11.6 Å². The van der Waals surface area contributed by atoms with Crippen LogP contribution >= 0.6 is 11.6 Å². The number of aromatic nitrogens is 3. The summed E-state index contributed by atoms with van der Waals surface area (Å²) in [5.74, 6) is 0. The van der Waals surface area contributed by atoms with Gasteiger partial charge in [0.25, 0.3) is 0 Å². The SMILES string of the molecule is Cn1nc(Cl)n(C2CCC2)c1=O. The number of rotatable bonds is 1. The molecule has 1 aliphatic carbocycles. The van der Waals surface area contributed by atoms with E-state index in [1.165, 1.54) is 11.1 Å². The quantitative estimate of drug-likeness (QED) is 0.657. The third-order valence-electron chi connectivity index (χ3n) is 2.35. The summed E-state index contributed by atoms with van der Waals surface area (Å²) in [4.78, 5) is 11.4. The monoisotopic (exact) mass is 187 g/mol. The normalized spacial score (nSPS) is 17.8. The fraction of sp³-hybridized carbons (Fsp3) is 0.714. The van der Waals surface area contributed by atoms with E-state index >= 15 is 0 Å². The Morgan fingerprint density at radius 1 is 1.58 bits per heavy atom. The number of nitrogens with zero attached hydrogens (tertiary/aromatic N) is 3. The van der Waals surface area contributed by atoms with Crippen molar-refractivity contribution in [3.8, 4) is 0 Å². The van der Waals surface area contributed by atoms with Crippen LogP contribution in [-0.4, -0.2) is 14.3 Å². The smallest absolute Gasteiger partial charge is 0.263 e. The van der Waals surface area contributed by atoms with Crippen molar-refractivity contribution in [1.29, 1.82) is 0 Å². The predicted octanol–water partition coefficient (Wildman–Crippen LogP) is 0.960. The summed E-state index contributed by atoms with van der Waals surface area (Å²) in [5, 5.41) is 4.16. The van der Waals surface area contributed by atoms with Crippen LogP contribution in [0.3, 0.4) is 0 Å². The van der Waals surface area contributed by atoms with E-state index in [2.05, 4.69) is 5.10 Å². The minimum atomic E-state index is -0.107. The molecular formula is C7H10ClN3O. The van der Waals surface area contributed by atoms with Gasteiger partial charge in [0.1, 0.15) is 0 Å². The van der Waals surface area contributed by atoms with Gasteiger partial charge in [0.05, 0.1) is 0 Å². The van der Waals surface area contributed by atoms with Gasteiger partial charge in [0, 0.05) is 13.1 Å². The molecule has 1 fully saturated rings. The van der Waals surface area contributed by atoms with Crippen molar-refractivity contribution in [3.05, 3.63) is 15.8 Å². The number of hydrogen-bond donors (Lipinski definition) is 0. The molecule has 0 atom stereocenters. The highest BCUT2D eigenvalue weighted by Crippen LogP contribution is 2.31. The van der Waals surface area contributed by atoms with Gasteiger partial charge in [-0.1, -0.05) is 0 Å². The highest BCUT2D eigenvalue weighted by atomic mass is 35.5. The Kier molecular flexibility index (Phi) is 1.72. The molecule has 66 valence electrons. The zero-order valence-electron chi connectivity index (χ0n) is 6.83. The van der Waals surface area contributed by atoms with Crippen LogP contribution in [0.25, 0.3) is 0 Å². The van der Waals surface area contributed by atoms with Gasteiger partial charge in [-0.2, -0.15) is 0 Å². The maximum Gasteiger partial charge on any atom is 0.346 e. The summed E-state index contributed by atoms with van der Waals surface area (Å²) in [5.41, 5.74) is -0.107. The van der Waals surface area contributed by atoms with E-state index in [1.807, 2.05) is 0 Å². The predicted molar refractivity (Wildman–Crippen MR) is 45.4 cm³/mol.